The van der Waals surface area contributed by atoms with Gasteiger partial charge in [-0.2, -0.15) is 5.26 Å². The molecule has 1 aliphatic rings. The smallest absolute Gasteiger partial charge is 0.291 e. The zero-order valence-corrected chi connectivity index (χ0v) is 17.0. The number of anilines is 1. The zero-order chi connectivity index (χ0) is 20.9. The van der Waals surface area contributed by atoms with Crippen LogP contribution in [-0.2, 0) is 6.61 Å². The molecule has 0 saturated carbocycles. The van der Waals surface area contributed by atoms with E-state index in [1.54, 1.807) is 42.5 Å². The Morgan fingerprint density at radius 2 is 1.93 bits per heavy atom. The Labute approximate surface area is 177 Å². The lowest BCUT2D eigenvalue weighted by Gasteiger charge is -2.20. The summed E-state index contributed by atoms with van der Waals surface area (Å²) in [6, 6.07) is 15.9. The van der Waals surface area contributed by atoms with Crippen LogP contribution in [0.3, 0.4) is 0 Å². The lowest BCUT2D eigenvalue weighted by Crippen LogP contribution is -2.17. The predicted molar refractivity (Wildman–Crippen MR) is 111 cm³/mol. The number of hydrogen-bond donors (Lipinski definition) is 1. The first kappa shape index (κ1) is 19.7. The maximum atomic E-state index is 12.7. The summed E-state index contributed by atoms with van der Waals surface area (Å²) in [7, 11) is 0. The Morgan fingerprint density at radius 1 is 1.17 bits per heavy atom. The van der Waals surface area contributed by atoms with Crippen molar-refractivity contribution in [1.29, 1.82) is 5.26 Å². The van der Waals surface area contributed by atoms with Gasteiger partial charge in [-0.15, -0.1) is 11.8 Å². The predicted octanol–water partition coefficient (Wildman–Crippen LogP) is 4.48. The summed E-state index contributed by atoms with van der Waals surface area (Å²) in [6.45, 7) is 1.07. The van der Waals surface area contributed by atoms with Crippen LogP contribution in [0, 0.1) is 11.3 Å². The molecule has 0 saturated heterocycles. The Morgan fingerprint density at radius 3 is 2.70 bits per heavy atom. The molecule has 0 aliphatic carbocycles. The Hall–Kier alpha value is -3.57. The number of carbonyl (C=O) groups excluding carboxylic acids is 1. The minimum absolute atomic E-state index is 0.103. The standard InChI is InChI=1S/C22H18N2O5S/c1-30-21-11-20-19(26-8-9-27-20)10-16(21)24-22(25)18-7-6-15(29-18)13-28-17-5-3-2-4-14(17)12-23/h2-7,10-11H,8-9,13H2,1H3,(H,24,25). The highest BCUT2D eigenvalue weighted by Gasteiger charge is 2.19. The van der Waals surface area contributed by atoms with Gasteiger partial charge in [0.1, 0.15) is 37.4 Å². The second-order valence-electron chi connectivity index (χ2n) is 6.31. The van der Waals surface area contributed by atoms with Gasteiger partial charge in [-0.3, -0.25) is 4.79 Å². The number of nitrogens with one attached hydrogen (secondary N) is 1. The first-order chi connectivity index (χ1) is 14.7. The van der Waals surface area contributed by atoms with E-state index in [2.05, 4.69) is 11.4 Å². The van der Waals surface area contributed by atoms with Crippen LogP contribution in [0.25, 0.3) is 0 Å². The molecule has 152 valence electrons. The lowest BCUT2D eigenvalue weighted by molar-refractivity contribution is 0.0992. The summed E-state index contributed by atoms with van der Waals surface area (Å²) in [6.07, 6.45) is 1.92. The van der Waals surface area contributed by atoms with Crippen molar-refractivity contribution in [1.82, 2.24) is 0 Å². The van der Waals surface area contributed by atoms with E-state index in [4.69, 9.17) is 23.9 Å². The van der Waals surface area contributed by atoms with Gasteiger partial charge in [0.2, 0.25) is 0 Å². The molecule has 8 heteroatoms. The molecule has 3 aromatic rings. The van der Waals surface area contributed by atoms with Crippen molar-refractivity contribution in [3.63, 3.8) is 0 Å². The largest absolute Gasteiger partial charge is 0.486 e. The second-order valence-corrected chi connectivity index (χ2v) is 7.16. The molecular weight excluding hydrogens is 404 g/mol. The van der Waals surface area contributed by atoms with Gasteiger partial charge in [0.25, 0.3) is 5.91 Å². The Kier molecular flexibility index (Phi) is 5.82. The third kappa shape index (κ3) is 4.21. The lowest BCUT2D eigenvalue weighted by atomic mass is 10.2. The topological polar surface area (TPSA) is 93.7 Å². The number of ether oxygens (including phenoxy) is 3. The number of fused-ring (bicyclic) bond motifs is 1. The Balaban J connectivity index is 1.45. The molecule has 0 spiro atoms. The van der Waals surface area contributed by atoms with Gasteiger partial charge in [0.05, 0.1) is 11.3 Å². The monoisotopic (exact) mass is 422 g/mol. The number of nitriles is 1. The van der Waals surface area contributed by atoms with Crippen molar-refractivity contribution in [2.75, 3.05) is 24.8 Å². The van der Waals surface area contributed by atoms with E-state index in [1.165, 1.54) is 11.8 Å². The van der Waals surface area contributed by atoms with Crippen molar-refractivity contribution >= 4 is 23.4 Å². The normalized spacial score (nSPS) is 12.1. The molecule has 7 nitrogen and oxygen atoms in total. The molecule has 1 aliphatic heterocycles. The first-order valence-electron chi connectivity index (χ1n) is 9.17. The highest BCUT2D eigenvalue weighted by molar-refractivity contribution is 7.98. The minimum Gasteiger partial charge on any atom is -0.486 e. The fourth-order valence-electron chi connectivity index (χ4n) is 2.93. The van der Waals surface area contributed by atoms with Crippen LogP contribution >= 0.6 is 11.8 Å². The van der Waals surface area contributed by atoms with Gasteiger partial charge in [0.15, 0.2) is 17.3 Å². The van der Waals surface area contributed by atoms with E-state index in [0.29, 0.717) is 47.5 Å². The number of thioether (sulfide) groups is 1. The zero-order valence-electron chi connectivity index (χ0n) is 16.1. The molecule has 0 atom stereocenters. The summed E-state index contributed by atoms with van der Waals surface area (Å²) in [5.74, 6) is 1.97. The summed E-state index contributed by atoms with van der Waals surface area (Å²) in [5, 5.41) is 12.0. The number of hydrogen-bond acceptors (Lipinski definition) is 7. The number of furan rings is 1. The molecule has 1 amide bonds. The van der Waals surface area contributed by atoms with Crippen molar-refractivity contribution < 1.29 is 23.4 Å². The molecule has 0 radical (unpaired) electrons. The van der Waals surface area contributed by atoms with Crippen LogP contribution < -0.4 is 19.5 Å². The SMILES string of the molecule is CSc1cc2c(cc1NC(=O)c1ccc(COc3ccccc3C#N)o1)OCCO2. The average Bonchev–Trinajstić information content (AvgIpc) is 3.26. The second kappa shape index (κ2) is 8.84. The maximum absolute atomic E-state index is 12.7. The maximum Gasteiger partial charge on any atom is 0.291 e. The molecule has 1 aromatic heterocycles. The summed E-state index contributed by atoms with van der Waals surface area (Å²) in [4.78, 5) is 13.5. The number of amides is 1. The van der Waals surface area contributed by atoms with E-state index >= 15 is 0 Å². The number of carbonyl (C=O) groups is 1. The van der Waals surface area contributed by atoms with Crippen LogP contribution in [0.1, 0.15) is 21.9 Å². The van der Waals surface area contributed by atoms with E-state index in [9.17, 15) is 4.79 Å². The molecule has 2 heterocycles. The van der Waals surface area contributed by atoms with Crippen molar-refractivity contribution in [2.45, 2.75) is 11.5 Å². The highest BCUT2D eigenvalue weighted by Crippen LogP contribution is 2.39. The molecular formula is C22H18N2O5S. The van der Waals surface area contributed by atoms with E-state index in [1.807, 2.05) is 12.3 Å². The summed E-state index contributed by atoms with van der Waals surface area (Å²) < 4.78 is 22.4. The van der Waals surface area contributed by atoms with Gasteiger partial charge >= 0.3 is 0 Å². The molecule has 4 rings (SSSR count). The third-order valence-electron chi connectivity index (χ3n) is 4.38. The van der Waals surface area contributed by atoms with Crippen LogP contribution in [0.2, 0.25) is 0 Å². The van der Waals surface area contributed by atoms with Crippen molar-refractivity contribution in [3.8, 4) is 23.3 Å². The van der Waals surface area contributed by atoms with Gasteiger partial charge in [-0.25, -0.2) is 0 Å². The molecule has 2 aromatic carbocycles. The molecule has 0 unspecified atom stereocenters. The van der Waals surface area contributed by atoms with Gasteiger partial charge in [-0.05, 0) is 36.6 Å². The molecule has 30 heavy (non-hydrogen) atoms. The fourth-order valence-corrected chi connectivity index (χ4v) is 3.49. The van der Waals surface area contributed by atoms with E-state index < -0.39 is 0 Å². The highest BCUT2D eigenvalue weighted by atomic mass is 32.2. The van der Waals surface area contributed by atoms with Gasteiger partial charge in [-0.1, -0.05) is 12.1 Å². The number of benzene rings is 2. The quantitative estimate of drug-likeness (QED) is 0.586. The van der Waals surface area contributed by atoms with Gasteiger partial charge in [0, 0.05) is 11.0 Å². The van der Waals surface area contributed by atoms with Crippen molar-refractivity contribution in [3.05, 3.63) is 65.6 Å². The fraction of sp³-hybridized carbons (Fsp3) is 0.182. The molecule has 0 bridgehead atoms. The van der Waals surface area contributed by atoms with Crippen LogP contribution in [-0.4, -0.2) is 25.4 Å². The van der Waals surface area contributed by atoms with Crippen LogP contribution in [0.5, 0.6) is 17.2 Å². The van der Waals surface area contributed by atoms with Crippen LogP contribution in [0.4, 0.5) is 5.69 Å². The van der Waals surface area contributed by atoms with Gasteiger partial charge < -0.3 is 23.9 Å². The summed E-state index contributed by atoms with van der Waals surface area (Å²) >= 11 is 1.49. The van der Waals surface area contributed by atoms with E-state index in [-0.39, 0.29) is 18.3 Å². The number of nitrogens with zero attached hydrogens (tertiary/aromatic N) is 1. The minimum atomic E-state index is -0.384. The molecule has 0 fully saturated rings. The van der Waals surface area contributed by atoms with Crippen molar-refractivity contribution in [2.24, 2.45) is 0 Å². The summed E-state index contributed by atoms with van der Waals surface area (Å²) in [5.41, 5.74) is 1.05. The number of para-hydroxylation sites is 1. The average molecular weight is 422 g/mol. The first-order valence-corrected chi connectivity index (χ1v) is 10.4. The molecule has 1 N–H and O–H groups in total. The van der Waals surface area contributed by atoms with Crippen LogP contribution in [0.15, 0.2) is 57.8 Å². The third-order valence-corrected chi connectivity index (χ3v) is 5.15. The Bertz CT molecular complexity index is 1120. The van der Waals surface area contributed by atoms with E-state index in [0.717, 1.165) is 4.90 Å². The number of rotatable bonds is 6.